The molecule has 0 aromatic rings. The van der Waals surface area contributed by atoms with E-state index in [0.717, 1.165) is 6.54 Å². The molecule has 2 saturated heterocycles. The molecular formula is C14H26N2O2. The summed E-state index contributed by atoms with van der Waals surface area (Å²) in [5.41, 5.74) is -0.368. The lowest BCUT2D eigenvalue weighted by atomic mass is 10.1. The molecule has 1 N–H and O–H groups in total. The molecule has 2 rings (SSSR count). The SMILES string of the molecule is CC(C)(C)OC(=O)CCNC1CCN2CCCC12. The highest BCUT2D eigenvalue weighted by molar-refractivity contribution is 5.70. The molecule has 104 valence electrons. The molecular weight excluding hydrogens is 228 g/mol. The second-order valence-electron chi connectivity index (χ2n) is 6.43. The van der Waals surface area contributed by atoms with Crippen molar-refractivity contribution in [1.82, 2.24) is 10.2 Å². The molecule has 0 radical (unpaired) electrons. The number of nitrogens with one attached hydrogen (secondary N) is 1. The third kappa shape index (κ3) is 3.69. The van der Waals surface area contributed by atoms with Crippen LogP contribution in [0.5, 0.6) is 0 Å². The van der Waals surface area contributed by atoms with Crippen molar-refractivity contribution in [3.8, 4) is 0 Å². The van der Waals surface area contributed by atoms with Crippen LogP contribution in [0.3, 0.4) is 0 Å². The van der Waals surface area contributed by atoms with E-state index in [0.29, 0.717) is 18.5 Å². The van der Waals surface area contributed by atoms with Gasteiger partial charge in [0, 0.05) is 25.2 Å². The molecule has 0 aromatic heterocycles. The van der Waals surface area contributed by atoms with E-state index in [2.05, 4.69) is 10.2 Å². The molecule has 4 nitrogen and oxygen atoms in total. The Labute approximate surface area is 110 Å². The third-order valence-corrected chi connectivity index (χ3v) is 3.76. The summed E-state index contributed by atoms with van der Waals surface area (Å²) in [4.78, 5) is 14.2. The Morgan fingerprint density at radius 3 is 2.83 bits per heavy atom. The topological polar surface area (TPSA) is 41.6 Å². The lowest BCUT2D eigenvalue weighted by Crippen LogP contribution is -2.40. The van der Waals surface area contributed by atoms with Gasteiger partial charge in [0.1, 0.15) is 5.60 Å². The lowest BCUT2D eigenvalue weighted by molar-refractivity contribution is -0.154. The van der Waals surface area contributed by atoms with Crippen LogP contribution in [0.15, 0.2) is 0 Å². The van der Waals surface area contributed by atoms with Crippen molar-refractivity contribution < 1.29 is 9.53 Å². The Bertz CT molecular complexity index is 299. The number of rotatable bonds is 4. The van der Waals surface area contributed by atoms with E-state index in [1.54, 1.807) is 0 Å². The average Bonchev–Trinajstić information content (AvgIpc) is 2.79. The summed E-state index contributed by atoms with van der Waals surface area (Å²) in [6.45, 7) is 8.94. The van der Waals surface area contributed by atoms with Crippen molar-refractivity contribution in [3.63, 3.8) is 0 Å². The zero-order valence-electron chi connectivity index (χ0n) is 11.9. The Morgan fingerprint density at radius 2 is 2.11 bits per heavy atom. The molecule has 2 heterocycles. The average molecular weight is 254 g/mol. The molecule has 0 aliphatic carbocycles. The largest absolute Gasteiger partial charge is 0.460 e. The van der Waals surface area contributed by atoms with Gasteiger partial charge in [-0.15, -0.1) is 0 Å². The fraction of sp³-hybridized carbons (Fsp3) is 0.929. The van der Waals surface area contributed by atoms with E-state index in [9.17, 15) is 4.79 Å². The van der Waals surface area contributed by atoms with Crippen LogP contribution in [0, 0.1) is 0 Å². The third-order valence-electron chi connectivity index (χ3n) is 3.76. The molecule has 2 aliphatic heterocycles. The molecule has 18 heavy (non-hydrogen) atoms. The number of esters is 1. The molecule has 2 unspecified atom stereocenters. The molecule has 0 bridgehead atoms. The summed E-state index contributed by atoms with van der Waals surface area (Å²) >= 11 is 0. The van der Waals surface area contributed by atoms with E-state index < -0.39 is 0 Å². The van der Waals surface area contributed by atoms with E-state index in [4.69, 9.17) is 4.74 Å². The minimum Gasteiger partial charge on any atom is -0.460 e. The van der Waals surface area contributed by atoms with Crippen LogP contribution in [0.1, 0.15) is 46.5 Å². The van der Waals surface area contributed by atoms with Gasteiger partial charge in [-0.25, -0.2) is 0 Å². The number of carbonyl (C=O) groups excluding carboxylic acids is 1. The van der Waals surface area contributed by atoms with Gasteiger partial charge in [0.15, 0.2) is 0 Å². The zero-order chi connectivity index (χ0) is 13.2. The normalized spacial score (nSPS) is 28.4. The zero-order valence-corrected chi connectivity index (χ0v) is 11.9. The van der Waals surface area contributed by atoms with Crippen molar-refractivity contribution in [3.05, 3.63) is 0 Å². The highest BCUT2D eigenvalue weighted by Gasteiger charge is 2.36. The maximum absolute atomic E-state index is 11.6. The second kappa shape index (κ2) is 5.57. The Kier molecular flexibility index (Phi) is 4.28. The molecule has 2 aliphatic rings. The van der Waals surface area contributed by atoms with Crippen LogP contribution in [-0.4, -0.2) is 48.2 Å². The Morgan fingerprint density at radius 1 is 1.33 bits per heavy atom. The highest BCUT2D eigenvalue weighted by atomic mass is 16.6. The smallest absolute Gasteiger partial charge is 0.307 e. The van der Waals surface area contributed by atoms with Crippen molar-refractivity contribution in [2.75, 3.05) is 19.6 Å². The molecule has 0 spiro atoms. The summed E-state index contributed by atoms with van der Waals surface area (Å²) in [5.74, 6) is -0.101. The summed E-state index contributed by atoms with van der Waals surface area (Å²) in [6, 6.07) is 1.29. The molecule has 0 saturated carbocycles. The summed E-state index contributed by atoms with van der Waals surface area (Å²) in [6.07, 6.45) is 4.33. The fourth-order valence-electron chi connectivity index (χ4n) is 3.07. The first-order valence-electron chi connectivity index (χ1n) is 7.15. The van der Waals surface area contributed by atoms with E-state index in [1.807, 2.05) is 20.8 Å². The summed E-state index contributed by atoms with van der Waals surface area (Å²) in [7, 11) is 0. The predicted octanol–water partition coefficient (Wildman–Crippen LogP) is 1.54. The minimum atomic E-state index is -0.368. The number of fused-ring (bicyclic) bond motifs is 1. The van der Waals surface area contributed by atoms with Crippen molar-refractivity contribution in [1.29, 1.82) is 0 Å². The van der Waals surface area contributed by atoms with Crippen LogP contribution in [0.4, 0.5) is 0 Å². The molecule has 0 amide bonds. The maximum atomic E-state index is 11.6. The lowest BCUT2D eigenvalue weighted by Gasteiger charge is -2.22. The summed E-state index contributed by atoms with van der Waals surface area (Å²) in [5, 5.41) is 3.53. The fourth-order valence-corrected chi connectivity index (χ4v) is 3.07. The number of nitrogens with zero attached hydrogens (tertiary/aromatic N) is 1. The van der Waals surface area contributed by atoms with Crippen LogP contribution >= 0.6 is 0 Å². The second-order valence-corrected chi connectivity index (χ2v) is 6.43. The monoisotopic (exact) mass is 254 g/mol. The predicted molar refractivity (Wildman–Crippen MR) is 71.5 cm³/mol. The Balaban J connectivity index is 1.65. The quantitative estimate of drug-likeness (QED) is 0.773. The van der Waals surface area contributed by atoms with E-state index >= 15 is 0 Å². The Hall–Kier alpha value is -0.610. The van der Waals surface area contributed by atoms with Gasteiger partial charge in [-0.1, -0.05) is 0 Å². The van der Waals surface area contributed by atoms with Crippen LogP contribution < -0.4 is 5.32 Å². The minimum absolute atomic E-state index is 0.101. The van der Waals surface area contributed by atoms with Gasteiger partial charge in [-0.05, 0) is 46.6 Å². The first-order valence-corrected chi connectivity index (χ1v) is 7.15. The van der Waals surface area contributed by atoms with E-state index in [-0.39, 0.29) is 11.6 Å². The standard InChI is InChI=1S/C14H26N2O2/c1-14(2,3)18-13(17)6-8-15-11-7-10-16-9-4-5-12(11)16/h11-12,15H,4-10H2,1-3H3. The number of hydrogen-bond donors (Lipinski definition) is 1. The van der Waals surface area contributed by atoms with Crippen LogP contribution in [-0.2, 0) is 9.53 Å². The maximum Gasteiger partial charge on any atom is 0.307 e. The number of carbonyl (C=O) groups is 1. The first kappa shape index (κ1) is 13.8. The van der Waals surface area contributed by atoms with Gasteiger partial charge < -0.3 is 10.1 Å². The van der Waals surface area contributed by atoms with Crippen molar-refractivity contribution >= 4 is 5.97 Å². The van der Waals surface area contributed by atoms with E-state index in [1.165, 1.54) is 32.4 Å². The van der Waals surface area contributed by atoms with Gasteiger partial charge in [0.2, 0.25) is 0 Å². The number of ether oxygens (including phenoxy) is 1. The first-order chi connectivity index (χ1) is 8.46. The van der Waals surface area contributed by atoms with Crippen molar-refractivity contribution in [2.45, 2.75) is 64.1 Å². The van der Waals surface area contributed by atoms with Gasteiger partial charge in [0.25, 0.3) is 0 Å². The molecule has 0 aromatic carbocycles. The van der Waals surface area contributed by atoms with Crippen molar-refractivity contribution in [2.24, 2.45) is 0 Å². The van der Waals surface area contributed by atoms with Crippen LogP contribution in [0.25, 0.3) is 0 Å². The van der Waals surface area contributed by atoms with Gasteiger partial charge >= 0.3 is 5.97 Å². The molecule has 2 atom stereocenters. The molecule has 4 heteroatoms. The van der Waals surface area contributed by atoms with Gasteiger partial charge in [-0.3, -0.25) is 9.69 Å². The number of hydrogen-bond acceptors (Lipinski definition) is 4. The van der Waals surface area contributed by atoms with Gasteiger partial charge in [0.05, 0.1) is 6.42 Å². The molecule has 2 fully saturated rings. The van der Waals surface area contributed by atoms with Crippen LogP contribution in [0.2, 0.25) is 0 Å². The van der Waals surface area contributed by atoms with Gasteiger partial charge in [-0.2, -0.15) is 0 Å². The summed E-state index contributed by atoms with van der Waals surface area (Å²) < 4.78 is 5.30. The highest BCUT2D eigenvalue weighted by Crippen LogP contribution is 2.27.